The van der Waals surface area contributed by atoms with Gasteiger partial charge < -0.3 is 4.57 Å². The van der Waals surface area contributed by atoms with E-state index in [9.17, 15) is 13.2 Å². The molecule has 0 radical (unpaired) electrons. The number of nitrogens with zero attached hydrogens (tertiary/aromatic N) is 5. The topological polar surface area (TPSA) is 132 Å². The number of benzene rings is 1. The van der Waals surface area contributed by atoms with E-state index in [1.54, 1.807) is 36.7 Å². The number of thiazole rings is 1. The molecule has 3 heterocycles. The molecule has 1 aromatic carbocycles. The number of pyridine rings is 1. The third kappa shape index (κ3) is 4.54. The standard InChI is InChI=1S/C19H19N7O3S2/c1-11(2)26-10-20-25-17(26)14-5-4-6-16(21-14)23-18(27)24-19-22-13-8-7-12(31(3,28)29)9-15(13)30-19/h4-11H,1-3H3,(H2,21,22,23,24,27). The summed E-state index contributed by atoms with van der Waals surface area (Å²) in [5.41, 5.74) is 1.18. The highest BCUT2D eigenvalue weighted by Crippen LogP contribution is 2.28. The molecule has 12 heteroatoms. The van der Waals surface area contributed by atoms with Crippen LogP contribution in [0.15, 0.2) is 47.6 Å². The maximum absolute atomic E-state index is 12.4. The van der Waals surface area contributed by atoms with Crippen molar-refractivity contribution in [3.63, 3.8) is 0 Å². The van der Waals surface area contributed by atoms with Gasteiger partial charge in [-0.1, -0.05) is 17.4 Å². The molecule has 4 aromatic rings. The number of rotatable bonds is 5. The normalized spacial score (nSPS) is 11.7. The highest BCUT2D eigenvalue weighted by Gasteiger charge is 2.14. The van der Waals surface area contributed by atoms with Crippen LogP contribution in [0, 0.1) is 0 Å². The Morgan fingerprint density at radius 3 is 2.68 bits per heavy atom. The summed E-state index contributed by atoms with van der Waals surface area (Å²) in [7, 11) is -3.32. The zero-order valence-corrected chi connectivity index (χ0v) is 18.5. The number of aromatic nitrogens is 5. The first-order chi connectivity index (χ1) is 14.7. The van der Waals surface area contributed by atoms with Crippen LogP contribution in [0.2, 0.25) is 0 Å². The molecule has 0 spiro atoms. The lowest BCUT2D eigenvalue weighted by molar-refractivity contribution is 0.262. The molecule has 0 saturated carbocycles. The minimum atomic E-state index is -3.32. The number of hydrogen-bond donors (Lipinski definition) is 2. The van der Waals surface area contributed by atoms with E-state index in [2.05, 4.69) is 30.8 Å². The summed E-state index contributed by atoms with van der Waals surface area (Å²) in [6.07, 6.45) is 2.78. The summed E-state index contributed by atoms with van der Waals surface area (Å²) in [6.45, 7) is 4.03. The first kappa shape index (κ1) is 20.9. The molecule has 0 saturated heterocycles. The van der Waals surface area contributed by atoms with E-state index in [0.717, 1.165) is 6.26 Å². The fraction of sp³-hybridized carbons (Fsp3) is 0.211. The number of nitrogens with one attached hydrogen (secondary N) is 2. The van der Waals surface area contributed by atoms with Crippen LogP contribution in [-0.2, 0) is 9.84 Å². The number of amides is 2. The summed E-state index contributed by atoms with van der Waals surface area (Å²) in [4.78, 5) is 21.4. The quantitative estimate of drug-likeness (QED) is 0.468. The second kappa shape index (κ2) is 8.04. The SMILES string of the molecule is CC(C)n1cnnc1-c1cccc(NC(=O)Nc2nc3ccc(S(C)(=O)=O)cc3s2)n1. The second-order valence-electron chi connectivity index (χ2n) is 7.06. The summed E-state index contributed by atoms with van der Waals surface area (Å²) < 4.78 is 26.0. The van der Waals surface area contributed by atoms with Crippen molar-refractivity contribution < 1.29 is 13.2 Å². The Bertz CT molecular complexity index is 1380. The Hall–Kier alpha value is -3.38. The molecule has 0 fully saturated rings. The fourth-order valence-corrected chi connectivity index (χ4v) is 4.49. The number of fused-ring (bicyclic) bond motifs is 1. The molecule has 3 aromatic heterocycles. The van der Waals surface area contributed by atoms with Crippen molar-refractivity contribution in [2.75, 3.05) is 16.9 Å². The monoisotopic (exact) mass is 457 g/mol. The molecule has 0 bridgehead atoms. The Morgan fingerprint density at radius 1 is 1.13 bits per heavy atom. The summed E-state index contributed by atoms with van der Waals surface area (Å²) in [5.74, 6) is 0.945. The third-order valence-electron chi connectivity index (χ3n) is 4.36. The van der Waals surface area contributed by atoms with E-state index < -0.39 is 15.9 Å². The molecule has 31 heavy (non-hydrogen) atoms. The maximum atomic E-state index is 12.4. The first-order valence-electron chi connectivity index (χ1n) is 9.26. The molecule has 4 rings (SSSR count). The van der Waals surface area contributed by atoms with Crippen molar-refractivity contribution in [2.24, 2.45) is 0 Å². The molecule has 2 amide bonds. The first-order valence-corrected chi connectivity index (χ1v) is 12.0. The van der Waals surface area contributed by atoms with Gasteiger partial charge in [-0.15, -0.1) is 10.2 Å². The molecule has 2 N–H and O–H groups in total. The molecule has 0 aliphatic heterocycles. The smallest absolute Gasteiger partial charge is 0.310 e. The van der Waals surface area contributed by atoms with Gasteiger partial charge >= 0.3 is 6.03 Å². The van der Waals surface area contributed by atoms with Gasteiger partial charge in [-0.3, -0.25) is 10.6 Å². The van der Waals surface area contributed by atoms with Crippen LogP contribution < -0.4 is 10.6 Å². The Morgan fingerprint density at radius 2 is 1.94 bits per heavy atom. The number of urea groups is 1. The average molecular weight is 458 g/mol. The van der Waals surface area contributed by atoms with Crippen molar-refractivity contribution in [1.82, 2.24) is 24.7 Å². The third-order valence-corrected chi connectivity index (χ3v) is 6.40. The van der Waals surface area contributed by atoms with Gasteiger partial charge in [-0.25, -0.2) is 23.2 Å². The average Bonchev–Trinajstić information content (AvgIpc) is 3.33. The lowest BCUT2D eigenvalue weighted by Gasteiger charge is -2.10. The van der Waals surface area contributed by atoms with E-state index in [-0.39, 0.29) is 10.9 Å². The predicted octanol–water partition coefficient (Wildman–Crippen LogP) is 3.58. The van der Waals surface area contributed by atoms with E-state index in [1.165, 1.54) is 17.4 Å². The van der Waals surface area contributed by atoms with Crippen LogP contribution in [0.4, 0.5) is 15.7 Å². The lowest BCUT2D eigenvalue weighted by atomic mass is 10.3. The van der Waals surface area contributed by atoms with E-state index in [0.29, 0.717) is 32.7 Å². The van der Waals surface area contributed by atoms with Crippen molar-refractivity contribution >= 4 is 48.4 Å². The molecular formula is C19H19N7O3S2. The molecule has 0 aliphatic rings. The Labute approximate surface area is 182 Å². The van der Waals surface area contributed by atoms with Crippen molar-refractivity contribution in [3.05, 3.63) is 42.7 Å². The van der Waals surface area contributed by atoms with Gasteiger partial charge in [0.2, 0.25) is 0 Å². The van der Waals surface area contributed by atoms with E-state index >= 15 is 0 Å². The fourth-order valence-electron chi connectivity index (χ4n) is 2.87. The molecule has 0 unspecified atom stereocenters. The minimum Gasteiger partial charge on any atom is -0.310 e. The highest BCUT2D eigenvalue weighted by molar-refractivity contribution is 7.90. The molecule has 160 valence electrons. The van der Waals surface area contributed by atoms with Crippen LogP contribution in [0.1, 0.15) is 19.9 Å². The van der Waals surface area contributed by atoms with Gasteiger partial charge in [0, 0.05) is 12.3 Å². The zero-order valence-electron chi connectivity index (χ0n) is 16.9. The van der Waals surface area contributed by atoms with Gasteiger partial charge in [0.05, 0.1) is 15.1 Å². The lowest BCUT2D eigenvalue weighted by Crippen LogP contribution is -2.20. The number of hydrogen-bond acceptors (Lipinski definition) is 8. The van der Waals surface area contributed by atoms with Crippen molar-refractivity contribution in [3.8, 4) is 11.5 Å². The van der Waals surface area contributed by atoms with Gasteiger partial charge in [-0.05, 0) is 44.2 Å². The molecule has 0 aliphatic carbocycles. The maximum Gasteiger partial charge on any atom is 0.326 e. The van der Waals surface area contributed by atoms with Crippen LogP contribution >= 0.6 is 11.3 Å². The Kier molecular flexibility index (Phi) is 5.41. The predicted molar refractivity (Wildman–Crippen MR) is 119 cm³/mol. The van der Waals surface area contributed by atoms with Gasteiger partial charge in [0.25, 0.3) is 0 Å². The minimum absolute atomic E-state index is 0.161. The van der Waals surface area contributed by atoms with E-state index in [4.69, 9.17) is 0 Å². The van der Waals surface area contributed by atoms with Crippen LogP contribution in [0.3, 0.4) is 0 Å². The van der Waals surface area contributed by atoms with Gasteiger partial charge in [0.1, 0.15) is 17.8 Å². The van der Waals surface area contributed by atoms with Gasteiger partial charge in [-0.2, -0.15) is 0 Å². The van der Waals surface area contributed by atoms with E-state index in [1.807, 2.05) is 18.4 Å². The van der Waals surface area contributed by atoms with Gasteiger partial charge in [0.15, 0.2) is 20.8 Å². The van der Waals surface area contributed by atoms with Crippen LogP contribution in [-0.4, -0.2) is 45.4 Å². The van der Waals surface area contributed by atoms with Crippen LogP contribution in [0.25, 0.3) is 21.7 Å². The number of sulfone groups is 1. The highest BCUT2D eigenvalue weighted by atomic mass is 32.2. The number of anilines is 2. The Balaban J connectivity index is 1.51. The molecular weight excluding hydrogens is 438 g/mol. The molecule has 10 nitrogen and oxygen atoms in total. The summed E-state index contributed by atoms with van der Waals surface area (Å²) in [5, 5.41) is 13.7. The number of carbonyl (C=O) groups excluding carboxylic acids is 1. The summed E-state index contributed by atoms with van der Waals surface area (Å²) in [6, 6.07) is 9.51. The molecule has 0 atom stereocenters. The van der Waals surface area contributed by atoms with Crippen molar-refractivity contribution in [1.29, 1.82) is 0 Å². The zero-order chi connectivity index (χ0) is 22.2. The second-order valence-corrected chi connectivity index (χ2v) is 10.1. The van der Waals surface area contributed by atoms with Crippen LogP contribution in [0.5, 0.6) is 0 Å². The summed E-state index contributed by atoms with van der Waals surface area (Å²) >= 11 is 1.18. The van der Waals surface area contributed by atoms with Crippen molar-refractivity contribution in [2.45, 2.75) is 24.8 Å². The largest absolute Gasteiger partial charge is 0.326 e. The number of carbonyl (C=O) groups is 1.